The molecule has 106 valence electrons. The minimum atomic E-state index is -3.77. The Morgan fingerprint density at radius 1 is 1.53 bits per heavy atom. The topological polar surface area (TPSA) is 66.4 Å². The summed E-state index contributed by atoms with van der Waals surface area (Å²) >= 11 is 5.62. The van der Waals surface area contributed by atoms with Gasteiger partial charge in [-0.1, -0.05) is 18.5 Å². The second-order valence-electron chi connectivity index (χ2n) is 4.86. The van der Waals surface area contributed by atoms with Crippen molar-refractivity contribution in [1.29, 1.82) is 0 Å². The van der Waals surface area contributed by atoms with Crippen LogP contribution >= 0.6 is 11.6 Å². The summed E-state index contributed by atoms with van der Waals surface area (Å²) in [6.07, 6.45) is 0.999. The van der Waals surface area contributed by atoms with Gasteiger partial charge in [-0.25, -0.2) is 17.5 Å². The number of sulfonamides is 1. The first-order chi connectivity index (χ1) is 8.85. The molecular formula is C12H15ClFNO3S. The summed E-state index contributed by atoms with van der Waals surface area (Å²) in [6.45, 7) is 1.88. The molecule has 7 heteroatoms. The van der Waals surface area contributed by atoms with Crippen molar-refractivity contribution in [3.8, 4) is 0 Å². The Morgan fingerprint density at radius 3 is 2.68 bits per heavy atom. The quantitative estimate of drug-likeness (QED) is 0.873. The van der Waals surface area contributed by atoms with E-state index in [4.69, 9.17) is 16.7 Å². The second-order valence-corrected chi connectivity index (χ2v) is 7.01. The summed E-state index contributed by atoms with van der Waals surface area (Å²) in [4.78, 5) is -0.216. The van der Waals surface area contributed by atoms with E-state index in [2.05, 4.69) is 4.72 Å². The molecule has 1 aromatic rings. The maximum absolute atomic E-state index is 13.5. The SMILES string of the molecule is CC1CC1CNS(=O)(=O)c1cc(F)c(Cl)c(CO)c1. The van der Waals surface area contributed by atoms with Crippen LogP contribution in [0.2, 0.25) is 5.02 Å². The highest BCUT2D eigenvalue weighted by molar-refractivity contribution is 7.89. The molecular weight excluding hydrogens is 293 g/mol. The van der Waals surface area contributed by atoms with E-state index in [1.54, 1.807) is 0 Å². The standard InChI is InChI=1S/C12H15ClFNO3S/c1-7-2-8(7)5-15-19(17,18)10-3-9(6-16)12(13)11(14)4-10/h3-4,7-8,15-16H,2,5-6H2,1H3. The molecule has 0 radical (unpaired) electrons. The summed E-state index contributed by atoms with van der Waals surface area (Å²) in [6, 6.07) is 2.05. The van der Waals surface area contributed by atoms with E-state index in [9.17, 15) is 12.8 Å². The van der Waals surface area contributed by atoms with Crippen LogP contribution in [-0.2, 0) is 16.6 Å². The van der Waals surface area contributed by atoms with Gasteiger partial charge in [0.1, 0.15) is 5.82 Å². The summed E-state index contributed by atoms with van der Waals surface area (Å²) in [7, 11) is -3.77. The van der Waals surface area contributed by atoms with Crippen LogP contribution in [0.1, 0.15) is 18.9 Å². The number of rotatable bonds is 5. The summed E-state index contributed by atoms with van der Waals surface area (Å²) in [5.74, 6) is 0.0234. The molecule has 0 spiro atoms. The molecule has 1 fully saturated rings. The smallest absolute Gasteiger partial charge is 0.240 e. The molecule has 2 unspecified atom stereocenters. The van der Waals surface area contributed by atoms with Crippen molar-refractivity contribution in [3.05, 3.63) is 28.5 Å². The minimum Gasteiger partial charge on any atom is -0.392 e. The Balaban J connectivity index is 2.22. The van der Waals surface area contributed by atoms with Crippen LogP contribution in [0.25, 0.3) is 0 Å². The predicted octanol–water partition coefficient (Wildman–Crippen LogP) is 1.91. The first-order valence-corrected chi connectivity index (χ1v) is 7.79. The Kier molecular flexibility index (Phi) is 4.15. The highest BCUT2D eigenvalue weighted by Crippen LogP contribution is 2.37. The monoisotopic (exact) mass is 307 g/mol. The van der Waals surface area contributed by atoms with Crippen LogP contribution in [-0.4, -0.2) is 20.1 Å². The van der Waals surface area contributed by atoms with Crippen molar-refractivity contribution in [1.82, 2.24) is 4.72 Å². The molecule has 0 bridgehead atoms. The van der Waals surface area contributed by atoms with E-state index in [1.807, 2.05) is 6.92 Å². The number of halogens is 2. The molecule has 0 aromatic heterocycles. The molecule has 2 atom stereocenters. The molecule has 0 heterocycles. The zero-order valence-corrected chi connectivity index (χ0v) is 11.9. The van der Waals surface area contributed by atoms with Gasteiger partial charge in [0.25, 0.3) is 0 Å². The van der Waals surface area contributed by atoms with Gasteiger partial charge < -0.3 is 5.11 Å². The fourth-order valence-electron chi connectivity index (χ4n) is 1.87. The Labute approximate surface area is 116 Å². The average Bonchev–Trinajstić information content (AvgIpc) is 3.06. The van der Waals surface area contributed by atoms with Gasteiger partial charge >= 0.3 is 0 Å². The van der Waals surface area contributed by atoms with Gasteiger partial charge in [-0.2, -0.15) is 0 Å². The van der Waals surface area contributed by atoms with Crippen LogP contribution in [0.15, 0.2) is 17.0 Å². The number of aliphatic hydroxyl groups is 1. The lowest BCUT2D eigenvalue weighted by molar-refractivity contribution is 0.281. The zero-order valence-electron chi connectivity index (χ0n) is 10.4. The van der Waals surface area contributed by atoms with E-state index >= 15 is 0 Å². The normalized spacial score (nSPS) is 22.5. The average molecular weight is 308 g/mol. The summed E-state index contributed by atoms with van der Waals surface area (Å²) in [5.41, 5.74) is 0.0573. The molecule has 4 nitrogen and oxygen atoms in total. The van der Waals surface area contributed by atoms with Gasteiger partial charge in [0, 0.05) is 12.1 Å². The Bertz CT molecular complexity index is 591. The van der Waals surface area contributed by atoms with Crippen molar-refractivity contribution in [3.63, 3.8) is 0 Å². The fraction of sp³-hybridized carbons (Fsp3) is 0.500. The molecule has 1 aromatic carbocycles. The molecule has 19 heavy (non-hydrogen) atoms. The number of hydrogen-bond acceptors (Lipinski definition) is 3. The maximum atomic E-state index is 13.5. The van der Waals surface area contributed by atoms with E-state index < -0.39 is 22.4 Å². The van der Waals surface area contributed by atoms with Gasteiger partial charge in [-0.15, -0.1) is 0 Å². The third-order valence-corrected chi connectivity index (χ3v) is 5.20. The largest absolute Gasteiger partial charge is 0.392 e. The summed E-state index contributed by atoms with van der Waals surface area (Å²) in [5, 5.41) is 8.78. The second kappa shape index (κ2) is 5.36. The van der Waals surface area contributed by atoms with Crippen LogP contribution in [0, 0.1) is 17.7 Å². The molecule has 1 aliphatic rings. The lowest BCUT2D eigenvalue weighted by Gasteiger charge is -2.09. The predicted molar refractivity (Wildman–Crippen MR) is 69.8 cm³/mol. The zero-order chi connectivity index (χ0) is 14.2. The van der Waals surface area contributed by atoms with Gasteiger partial charge in [-0.05, 0) is 30.4 Å². The van der Waals surface area contributed by atoms with Gasteiger partial charge in [0.15, 0.2) is 0 Å². The lowest BCUT2D eigenvalue weighted by atomic mass is 10.2. The molecule has 1 saturated carbocycles. The molecule has 2 rings (SSSR count). The van der Waals surface area contributed by atoms with Crippen molar-refractivity contribution >= 4 is 21.6 Å². The highest BCUT2D eigenvalue weighted by atomic mass is 35.5. The van der Waals surface area contributed by atoms with Gasteiger partial charge in [-0.3, -0.25) is 0 Å². The van der Waals surface area contributed by atoms with Crippen molar-refractivity contribution < 1.29 is 17.9 Å². The third kappa shape index (κ3) is 3.25. The molecule has 0 aliphatic heterocycles. The molecule has 2 N–H and O–H groups in total. The van der Waals surface area contributed by atoms with Gasteiger partial charge in [0.05, 0.1) is 16.5 Å². The molecule has 0 amide bonds. The minimum absolute atomic E-state index is 0.0573. The van der Waals surface area contributed by atoms with E-state index in [0.717, 1.165) is 12.5 Å². The summed E-state index contributed by atoms with van der Waals surface area (Å²) < 4.78 is 39.9. The van der Waals surface area contributed by atoms with E-state index in [1.165, 1.54) is 6.07 Å². The lowest BCUT2D eigenvalue weighted by Crippen LogP contribution is -2.26. The van der Waals surface area contributed by atoms with Crippen LogP contribution in [0.5, 0.6) is 0 Å². The van der Waals surface area contributed by atoms with E-state index in [-0.39, 0.29) is 15.5 Å². The van der Waals surface area contributed by atoms with Crippen molar-refractivity contribution in [2.75, 3.05) is 6.54 Å². The first kappa shape index (κ1) is 14.7. The van der Waals surface area contributed by atoms with E-state index in [0.29, 0.717) is 18.4 Å². The van der Waals surface area contributed by atoms with Crippen LogP contribution in [0.4, 0.5) is 4.39 Å². The van der Waals surface area contributed by atoms with Crippen LogP contribution < -0.4 is 4.72 Å². The Morgan fingerprint density at radius 2 is 2.16 bits per heavy atom. The Hall–Kier alpha value is -0.690. The first-order valence-electron chi connectivity index (χ1n) is 5.93. The van der Waals surface area contributed by atoms with Crippen molar-refractivity contribution in [2.45, 2.75) is 24.8 Å². The third-order valence-electron chi connectivity index (χ3n) is 3.37. The van der Waals surface area contributed by atoms with Gasteiger partial charge in [0.2, 0.25) is 10.0 Å². The number of aliphatic hydroxyl groups excluding tert-OH is 1. The van der Waals surface area contributed by atoms with Crippen LogP contribution in [0.3, 0.4) is 0 Å². The fourth-order valence-corrected chi connectivity index (χ4v) is 3.20. The maximum Gasteiger partial charge on any atom is 0.240 e. The molecule has 1 aliphatic carbocycles. The number of nitrogens with one attached hydrogen (secondary N) is 1. The number of benzene rings is 1. The number of hydrogen-bond donors (Lipinski definition) is 2. The molecule has 0 saturated heterocycles. The highest BCUT2D eigenvalue weighted by Gasteiger charge is 2.33. The van der Waals surface area contributed by atoms with Crippen molar-refractivity contribution in [2.24, 2.45) is 11.8 Å².